The average Bonchev–Trinajstić information content (AvgIpc) is 2.72. The molecule has 2 aromatic carbocycles. The lowest BCUT2D eigenvalue weighted by atomic mass is 10.2. The third-order valence-electron chi connectivity index (χ3n) is 3.56. The summed E-state index contributed by atoms with van der Waals surface area (Å²) in [5.41, 5.74) is 3.63. The summed E-state index contributed by atoms with van der Waals surface area (Å²) in [6.07, 6.45) is 8.37. The normalized spacial score (nSPS) is 10.3. The van der Waals surface area contributed by atoms with Crippen LogP contribution in [0.4, 0.5) is 0 Å². The fourth-order valence-electron chi connectivity index (χ4n) is 2.32. The number of halogens is 2. The van der Waals surface area contributed by atoms with Crippen molar-refractivity contribution in [2.45, 2.75) is 6.92 Å². The average molecular weight is 536 g/mol. The molecule has 6 nitrogen and oxygen atoms in total. The Hall–Kier alpha value is -2.76. The summed E-state index contributed by atoms with van der Waals surface area (Å²) in [4.78, 5) is 12.4. The number of nitrogens with one attached hydrogen (secondary N) is 1. The molecule has 2 rings (SSSR count). The molecular formula is C22H20Br2N2O4. The maximum absolute atomic E-state index is 12.4. The number of hydrogen-bond acceptors (Lipinski definition) is 5. The van der Waals surface area contributed by atoms with Crippen LogP contribution in [-0.2, 0) is 0 Å². The molecule has 0 saturated heterocycles. The maximum Gasteiger partial charge on any atom is 0.271 e. The number of hydrogen-bond donors (Lipinski definition) is 1. The summed E-state index contributed by atoms with van der Waals surface area (Å²) in [7, 11) is 0. The molecule has 2 aromatic rings. The van der Waals surface area contributed by atoms with Gasteiger partial charge in [-0.15, -0.1) is 6.42 Å². The topological polar surface area (TPSA) is 69.2 Å². The van der Waals surface area contributed by atoms with Crippen molar-refractivity contribution in [3.8, 4) is 29.6 Å². The molecular weight excluding hydrogens is 516 g/mol. The lowest BCUT2D eigenvalue weighted by molar-refractivity contribution is 0.0954. The number of carbonyl (C=O) groups excluding carboxylic acids is 1. The van der Waals surface area contributed by atoms with Gasteiger partial charge < -0.3 is 14.2 Å². The summed E-state index contributed by atoms with van der Waals surface area (Å²) in [6, 6.07) is 8.51. The van der Waals surface area contributed by atoms with Crippen LogP contribution in [0.2, 0.25) is 0 Å². The van der Waals surface area contributed by atoms with Crippen LogP contribution in [0, 0.1) is 12.3 Å². The zero-order valence-corrected chi connectivity index (χ0v) is 19.5. The van der Waals surface area contributed by atoms with Gasteiger partial charge in [0.1, 0.15) is 19.0 Å². The molecule has 156 valence electrons. The highest BCUT2D eigenvalue weighted by molar-refractivity contribution is 9.11. The van der Waals surface area contributed by atoms with Gasteiger partial charge in [0, 0.05) is 5.56 Å². The molecule has 30 heavy (non-hydrogen) atoms. The molecule has 0 unspecified atom stereocenters. The van der Waals surface area contributed by atoms with E-state index in [1.165, 1.54) is 6.21 Å². The number of nitrogens with zero attached hydrogens (tertiary/aromatic N) is 1. The van der Waals surface area contributed by atoms with Crippen LogP contribution in [0.25, 0.3) is 0 Å². The standard InChI is InChI=1S/C22H20Br2N2O4/c1-4-9-29-19-8-7-16(13-20(19)28-6-3)22(27)26-25-14-15-11-17(23)21(18(24)12-15)30-10-5-2/h2,4,7-8,11-14H,1,6,9-10H2,3H3,(H,26,27)/b25-14+. The number of terminal acetylenes is 1. The molecule has 0 aromatic heterocycles. The van der Waals surface area contributed by atoms with E-state index in [2.05, 4.69) is 54.9 Å². The number of benzene rings is 2. The van der Waals surface area contributed by atoms with E-state index in [1.807, 2.05) is 6.92 Å². The lowest BCUT2D eigenvalue weighted by Crippen LogP contribution is -2.17. The van der Waals surface area contributed by atoms with Crippen molar-refractivity contribution in [1.29, 1.82) is 0 Å². The van der Waals surface area contributed by atoms with Crippen LogP contribution in [0.3, 0.4) is 0 Å². The molecule has 0 spiro atoms. The second-order valence-electron chi connectivity index (χ2n) is 5.70. The summed E-state index contributed by atoms with van der Waals surface area (Å²) in [5.74, 6) is 3.65. The first-order valence-corrected chi connectivity index (χ1v) is 10.5. The molecule has 0 saturated carbocycles. The van der Waals surface area contributed by atoms with E-state index in [0.717, 1.165) is 5.56 Å². The van der Waals surface area contributed by atoms with Gasteiger partial charge in [0.25, 0.3) is 5.91 Å². The number of ether oxygens (including phenoxy) is 3. The fourth-order valence-corrected chi connectivity index (χ4v) is 3.77. The third kappa shape index (κ3) is 6.65. The Morgan fingerprint density at radius 1 is 1.20 bits per heavy atom. The van der Waals surface area contributed by atoms with Crippen LogP contribution in [0.5, 0.6) is 17.2 Å². The Morgan fingerprint density at radius 2 is 1.93 bits per heavy atom. The Morgan fingerprint density at radius 3 is 2.57 bits per heavy atom. The molecule has 0 bridgehead atoms. The molecule has 8 heteroatoms. The van der Waals surface area contributed by atoms with E-state index in [0.29, 0.717) is 45.0 Å². The SMILES string of the molecule is C#CCOc1c(Br)cc(/C=N/NC(=O)c2ccc(OCC=C)c(OCC)c2)cc1Br. The number of amides is 1. The van der Waals surface area contributed by atoms with Crippen molar-refractivity contribution >= 4 is 44.0 Å². The fraction of sp³-hybridized carbons (Fsp3) is 0.182. The molecule has 0 atom stereocenters. The largest absolute Gasteiger partial charge is 0.490 e. The van der Waals surface area contributed by atoms with Crippen LogP contribution in [0.15, 0.2) is 57.0 Å². The van der Waals surface area contributed by atoms with Crippen LogP contribution >= 0.6 is 31.9 Å². The Bertz CT molecular complexity index is 961. The molecule has 0 aliphatic heterocycles. The van der Waals surface area contributed by atoms with Gasteiger partial charge in [-0.1, -0.05) is 18.6 Å². The van der Waals surface area contributed by atoms with Gasteiger partial charge >= 0.3 is 0 Å². The highest BCUT2D eigenvalue weighted by Crippen LogP contribution is 2.34. The molecule has 0 aliphatic carbocycles. The van der Waals surface area contributed by atoms with Gasteiger partial charge in [0.05, 0.1) is 21.8 Å². The molecule has 0 heterocycles. The number of hydrazone groups is 1. The summed E-state index contributed by atoms with van der Waals surface area (Å²) >= 11 is 6.86. The molecule has 1 amide bonds. The van der Waals surface area contributed by atoms with Gasteiger partial charge in [0.2, 0.25) is 0 Å². The highest BCUT2D eigenvalue weighted by atomic mass is 79.9. The summed E-state index contributed by atoms with van der Waals surface area (Å²) in [6.45, 7) is 6.41. The first-order chi connectivity index (χ1) is 14.5. The zero-order chi connectivity index (χ0) is 21.9. The molecule has 0 fully saturated rings. The molecule has 1 N–H and O–H groups in total. The van der Waals surface area contributed by atoms with Gasteiger partial charge in [-0.2, -0.15) is 5.10 Å². The van der Waals surface area contributed by atoms with Gasteiger partial charge in [-0.25, -0.2) is 5.43 Å². The van der Waals surface area contributed by atoms with Crippen molar-refractivity contribution < 1.29 is 19.0 Å². The number of rotatable bonds is 10. The van der Waals surface area contributed by atoms with Gasteiger partial charge in [-0.3, -0.25) is 4.79 Å². The second kappa shape index (κ2) is 12.1. The summed E-state index contributed by atoms with van der Waals surface area (Å²) < 4.78 is 18.0. The molecule has 0 radical (unpaired) electrons. The first kappa shape index (κ1) is 23.5. The van der Waals surface area contributed by atoms with E-state index in [1.54, 1.807) is 36.4 Å². The summed E-state index contributed by atoms with van der Waals surface area (Å²) in [5, 5.41) is 4.01. The van der Waals surface area contributed by atoms with E-state index >= 15 is 0 Å². The van der Waals surface area contributed by atoms with Gasteiger partial charge in [-0.05, 0) is 74.7 Å². The smallest absolute Gasteiger partial charge is 0.271 e. The van der Waals surface area contributed by atoms with Gasteiger partial charge in [0.15, 0.2) is 11.5 Å². The minimum Gasteiger partial charge on any atom is -0.490 e. The lowest BCUT2D eigenvalue weighted by Gasteiger charge is -2.12. The minimum absolute atomic E-state index is 0.155. The van der Waals surface area contributed by atoms with Crippen molar-refractivity contribution in [3.63, 3.8) is 0 Å². The van der Waals surface area contributed by atoms with Crippen molar-refractivity contribution in [2.24, 2.45) is 5.10 Å². The first-order valence-electron chi connectivity index (χ1n) is 8.89. The highest BCUT2D eigenvalue weighted by Gasteiger charge is 2.12. The van der Waals surface area contributed by atoms with E-state index < -0.39 is 0 Å². The predicted octanol–water partition coefficient (Wildman–Crippen LogP) is 4.95. The Labute approximate surface area is 192 Å². The van der Waals surface area contributed by atoms with Crippen molar-refractivity contribution in [1.82, 2.24) is 5.43 Å². The quantitative estimate of drug-likeness (QED) is 0.202. The van der Waals surface area contributed by atoms with Crippen molar-refractivity contribution in [2.75, 3.05) is 19.8 Å². The van der Waals surface area contributed by atoms with Crippen LogP contribution in [-0.4, -0.2) is 31.9 Å². The zero-order valence-electron chi connectivity index (χ0n) is 16.3. The third-order valence-corrected chi connectivity index (χ3v) is 4.74. The molecule has 0 aliphatic rings. The Kier molecular flexibility index (Phi) is 9.45. The second-order valence-corrected chi connectivity index (χ2v) is 7.41. The van der Waals surface area contributed by atoms with Crippen molar-refractivity contribution in [3.05, 3.63) is 63.1 Å². The van der Waals surface area contributed by atoms with E-state index in [-0.39, 0.29) is 12.5 Å². The minimum atomic E-state index is -0.380. The Balaban J connectivity index is 2.09. The monoisotopic (exact) mass is 534 g/mol. The van der Waals surface area contributed by atoms with Crippen LogP contribution in [0.1, 0.15) is 22.8 Å². The predicted molar refractivity (Wildman–Crippen MR) is 125 cm³/mol. The maximum atomic E-state index is 12.4. The van der Waals surface area contributed by atoms with E-state index in [4.69, 9.17) is 20.6 Å². The van der Waals surface area contributed by atoms with E-state index in [9.17, 15) is 4.79 Å². The number of carbonyl (C=O) groups is 1. The van der Waals surface area contributed by atoms with Crippen LogP contribution < -0.4 is 19.6 Å².